The van der Waals surface area contributed by atoms with Crippen LogP contribution in [0, 0.1) is 18.3 Å². The second-order valence-electron chi connectivity index (χ2n) is 13.0. The molecule has 0 aliphatic carbocycles. The third-order valence-electron chi connectivity index (χ3n) is 9.40. The number of rotatable bonds is 17. The number of aromatic amines is 1. The van der Waals surface area contributed by atoms with Gasteiger partial charge in [0.05, 0.1) is 39.9 Å². The first kappa shape index (κ1) is 42.3. The Hall–Kier alpha value is -4.35. The van der Waals surface area contributed by atoms with Gasteiger partial charge in [0.15, 0.2) is 0 Å². The Morgan fingerprint density at radius 2 is 1.58 bits per heavy atom. The van der Waals surface area contributed by atoms with Crippen molar-refractivity contribution in [2.45, 2.75) is 49.6 Å². The Bertz CT molecular complexity index is 2310. The fraction of sp³-hybridized carbons (Fsp3) is 0.293. The van der Waals surface area contributed by atoms with E-state index in [9.17, 15) is 19.4 Å². The van der Waals surface area contributed by atoms with Crippen LogP contribution in [-0.4, -0.2) is 49.2 Å². The molecule has 298 valence electrons. The van der Waals surface area contributed by atoms with Crippen LogP contribution in [0.4, 0.5) is 0 Å². The molecule has 0 radical (unpaired) electrons. The molecule has 4 atom stereocenters. The number of H-pyrrole nitrogens is 1. The van der Waals surface area contributed by atoms with Crippen molar-refractivity contribution in [1.82, 2.24) is 9.55 Å². The van der Waals surface area contributed by atoms with E-state index in [4.69, 9.17) is 51.2 Å². The molecule has 0 amide bonds. The average molecular weight is 853 g/mol. The van der Waals surface area contributed by atoms with Crippen molar-refractivity contribution in [3.63, 3.8) is 0 Å². The van der Waals surface area contributed by atoms with Crippen LogP contribution < -0.4 is 20.7 Å². The summed E-state index contributed by atoms with van der Waals surface area (Å²) in [6, 6.07) is 31.7. The maximum atomic E-state index is 14.6. The molecular formula is C41H40Cl2N3O9PS. The highest BCUT2D eigenvalue weighted by atomic mass is 35.5. The quantitative estimate of drug-likeness (QED) is 0.0543. The number of nitrogens with zero attached hydrogens (tertiary/aromatic N) is 2. The lowest BCUT2D eigenvalue weighted by Crippen LogP contribution is -2.38. The molecule has 1 saturated heterocycles. The van der Waals surface area contributed by atoms with Crippen LogP contribution in [0.15, 0.2) is 113 Å². The highest BCUT2D eigenvalue weighted by molar-refractivity contribution is 8.54. The first-order valence-corrected chi connectivity index (χ1v) is 21.7. The lowest BCUT2D eigenvalue weighted by atomic mass is 9.80. The van der Waals surface area contributed by atoms with E-state index in [1.807, 2.05) is 84.9 Å². The Morgan fingerprint density at radius 1 is 0.947 bits per heavy atom. The minimum Gasteiger partial charge on any atom is -0.497 e. The Balaban J connectivity index is 1.41. The van der Waals surface area contributed by atoms with E-state index in [1.165, 1.54) is 10.8 Å². The molecular weight excluding hydrogens is 812 g/mol. The molecule has 1 unspecified atom stereocenters. The number of ether oxygens (including phenoxy) is 4. The van der Waals surface area contributed by atoms with Crippen LogP contribution in [0.2, 0.25) is 10.0 Å². The van der Waals surface area contributed by atoms with Crippen molar-refractivity contribution in [3.8, 4) is 17.6 Å². The number of benzene rings is 4. The van der Waals surface area contributed by atoms with E-state index in [0.717, 1.165) is 28.1 Å². The van der Waals surface area contributed by atoms with Crippen LogP contribution in [0.5, 0.6) is 11.5 Å². The van der Waals surface area contributed by atoms with Crippen LogP contribution in [0.25, 0.3) is 0 Å². The summed E-state index contributed by atoms with van der Waals surface area (Å²) < 4.78 is 52.8. The van der Waals surface area contributed by atoms with Crippen molar-refractivity contribution in [3.05, 3.63) is 162 Å². The number of hydrogen-bond acceptors (Lipinski definition) is 11. The van der Waals surface area contributed by atoms with Gasteiger partial charge in [-0.15, -0.1) is 0 Å². The van der Waals surface area contributed by atoms with Crippen LogP contribution in [0.3, 0.4) is 0 Å². The number of nitriles is 1. The minimum absolute atomic E-state index is 0.0245. The number of nitrogens with one attached hydrogen (secondary N) is 1. The molecule has 1 aliphatic rings. The molecule has 12 nitrogen and oxygen atoms in total. The van der Waals surface area contributed by atoms with Crippen molar-refractivity contribution >= 4 is 41.4 Å². The summed E-state index contributed by atoms with van der Waals surface area (Å²) in [4.78, 5) is 27.8. The first-order valence-electron chi connectivity index (χ1n) is 17.8. The van der Waals surface area contributed by atoms with Crippen molar-refractivity contribution in [1.29, 1.82) is 5.26 Å². The van der Waals surface area contributed by atoms with Crippen LogP contribution in [-0.2, 0) is 34.4 Å². The first-order chi connectivity index (χ1) is 27.5. The third kappa shape index (κ3) is 9.86. The van der Waals surface area contributed by atoms with E-state index in [2.05, 4.69) is 4.98 Å². The lowest BCUT2D eigenvalue weighted by molar-refractivity contribution is -0.0922. The maximum absolute atomic E-state index is 14.6. The summed E-state index contributed by atoms with van der Waals surface area (Å²) >= 11 is 13.5. The zero-order valence-electron chi connectivity index (χ0n) is 31.3. The fourth-order valence-corrected chi connectivity index (χ4v) is 10.5. The molecule has 1 fully saturated rings. The van der Waals surface area contributed by atoms with E-state index < -0.39 is 42.1 Å². The molecule has 0 bridgehead atoms. The molecule has 5 aromatic rings. The predicted octanol–water partition coefficient (Wildman–Crippen LogP) is 8.82. The summed E-state index contributed by atoms with van der Waals surface area (Å²) in [6.45, 7) is -2.81. The Labute approximate surface area is 343 Å². The van der Waals surface area contributed by atoms with Gasteiger partial charge in [0.2, 0.25) is 0 Å². The van der Waals surface area contributed by atoms with Gasteiger partial charge in [-0.05, 0) is 77.0 Å². The van der Waals surface area contributed by atoms with E-state index >= 15 is 0 Å². The van der Waals surface area contributed by atoms with Gasteiger partial charge in [-0.1, -0.05) is 83.9 Å². The highest BCUT2D eigenvalue weighted by Gasteiger charge is 2.46. The van der Waals surface area contributed by atoms with Crippen LogP contribution >= 0.6 is 41.4 Å². The van der Waals surface area contributed by atoms with Gasteiger partial charge in [0.25, 0.3) is 5.56 Å². The summed E-state index contributed by atoms with van der Waals surface area (Å²) in [7, 11) is 3.18. The standard InChI is InChI=1S/C41H40Cl2N3O9PS/c1-27-24-46(40(48)45-39(27)47)38-23-36(55-56(49,53-21-7-20-44)57-26-28-10-15-32(42)22-35(28)43)37(54-38)25-52-41(29-8-5-4-6-9-29,30-11-16-33(50-2)17-12-30)31-13-18-34(51-3)19-14-31/h4-6,8-19,22,24,36-38H,7,21,23,25-26H2,1-3H3,(H,45,47,48)/t36-,37+,38+,56?/m0/s1. The molecule has 1 N–H and O–H groups in total. The second kappa shape index (κ2) is 18.9. The van der Waals surface area contributed by atoms with E-state index in [0.29, 0.717) is 32.7 Å². The van der Waals surface area contributed by atoms with Gasteiger partial charge >= 0.3 is 12.5 Å². The number of aromatic nitrogens is 2. The number of hydrogen-bond donors (Lipinski definition) is 1. The smallest absolute Gasteiger partial charge is 0.389 e. The second-order valence-corrected chi connectivity index (χ2v) is 17.9. The summed E-state index contributed by atoms with van der Waals surface area (Å²) in [5, 5.41) is 10.1. The highest BCUT2D eigenvalue weighted by Crippen LogP contribution is 2.64. The SMILES string of the molecule is COc1ccc(C(OC[C@H]2O[C@@H](n3cc(C)c(=O)[nH]c3=O)C[C@@H]2OP(=O)(OCCC#N)SCc2ccc(Cl)cc2Cl)(c2ccccc2)c2ccc(OC)cc2)cc1. The summed E-state index contributed by atoms with van der Waals surface area (Å²) in [5.74, 6) is 1.43. The monoisotopic (exact) mass is 851 g/mol. The molecule has 16 heteroatoms. The van der Waals surface area contributed by atoms with E-state index in [1.54, 1.807) is 39.3 Å². The Kier molecular flexibility index (Phi) is 14.0. The molecule has 0 saturated carbocycles. The van der Waals surface area contributed by atoms with Gasteiger partial charge in [-0.3, -0.25) is 23.4 Å². The topological polar surface area (TPSA) is 151 Å². The molecule has 4 aromatic carbocycles. The van der Waals surface area contributed by atoms with Gasteiger partial charge in [-0.2, -0.15) is 5.26 Å². The minimum atomic E-state index is -4.07. The normalized spacial score (nSPS) is 17.8. The zero-order valence-corrected chi connectivity index (χ0v) is 34.5. The summed E-state index contributed by atoms with van der Waals surface area (Å²) in [5.41, 5.74) is 0.789. The molecule has 1 aliphatic heterocycles. The molecule has 2 heterocycles. The number of methoxy groups -OCH3 is 2. The fourth-order valence-electron chi connectivity index (χ4n) is 6.47. The van der Waals surface area contributed by atoms with Crippen molar-refractivity contribution in [2.75, 3.05) is 27.4 Å². The van der Waals surface area contributed by atoms with Gasteiger partial charge in [0.1, 0.15) is 35.5 Å². The number of aryl methyl sites for hydroxylation is 1. The molecule has 0 spiro atoms. The molecule has 1 aromatic heterocycles. The largest absolute Gasteiger partial charge is 0.497 e. The summed E-state index contributed by atoms with van der Waals surface area (Å²) in [6.07, 6.45) is -1.48. The molecule has 57 heavy (non-hydrogen) atoms. The van der Waals surface area contributed by atoms with Crippen molar-refractivity contribution in [2.24, 2.45) is 0 Å². The van der Waals surface area contributed by atoms with Gasteiger partial charge < -0.3 is 18.9 Å². The third-order valence-corrected chi connectivity index (χ3v) is 13.7. The molecule has 6 rings (SSSR count). The van der Waals surface area contributed by atoms with E-state index in [-0.39, 0.29) is 31.8 Å². The number of halogens is 2. The van der Waals surface area contributed by atoms with Crippen molar-refractivity contribution < 1.29 is 32.6 Å². The lowest BCUT2D eigenvalue weighted by Gasteiger charge is -2.37. The Morgan fingerprint density at radius 3 is 2.18 bits per heavy atom. The predicted molar refractivity (Wildman–Crippen MR) is 219 cm³/mol. The zero-order chi connectivity index (χ0) is 40.6. The average Bonchev–Trinajstić information content (AvgIpc) is 3.61. The van der Waals surface area contributed by atoms with Gasteiger partial charge in [-0.25, -0.2) is 9.36 Å². The maximum Gasteiger partial charge on any atom is 0.389 e. The van der Waals surface area contributed by atoms with Gasteiger partial charge in [0, 0.05) is 34.0 Å². The van der Waals surface area contributed by atoms with Crippen LogP contribution in [0.1, 0.15) is 46.9 Å².